The Bertz CT molecular complexity index is 1410. The number of rotatable bonds is 7. The van der Waals surface area contributed by atoms with E-state index in [4.69, 9.17) is 4.74 Å². The molecule has 1 amide bonds. The number of ether oxygens (including phenoxy) is 1. The average molecular weight is 503 g/mol. The largest absolute Gasteiger partial charge is 0.378 e. The van der Waals surface area contributed by atoms with Crippen LogP contribution in [0, 0.1) is 0 Å². The fourth-order valence-electron chi connectivity index (χ4n) is 4.62. The molecule has 2 saturated carbocycles. The Labute approximate surface area is 212 Å². The summed E-state index contributed by atoms with van der Waals surface area (Å²) in [5.41, 5.74) is 3.29. The Hall–Kier alpha value is -3.57. The van der Waals surface area contributed by atoms with Crippen molar-refractivity contribution >= 4 is 28.7 Å². The van der Waals surface area contributed by atoms with Gasteiger partial charge in [-0.1, -0.05) is 0 Å². The van der Waals surface area contributed by atoms with Gasteiger partial charge in [0.2, 0.25) is 0 Å². The first-order valence-corrected chi connectivity index (χ1v) is 13.3. The van der Waals surface area contributed by atoms with Gasteiger partial charge in [-0.15, -0.1) is 11.3 Å². The van der Waals surface area contributed by atoms with Gasteiger partial charge in [-0.3, -0.25) is 4.79 Å². The number of aromatic nitrogens is 6. The van der Waals surface area contributed by atoms with Gasteiger partial charge < -0.3 is 24.1 Å². The van der Waals surface area contributed by atoms with E-state index in [0.29, 0.717) is 36.7 Å². The van der Waals surface area contributed by atoms with Crippen LogP contribution in [0.15, 0.2) is 42.6 Å². The third-order valence-electron chi connectivity index (χ3n) is 6.87. The summed E-state index contributed by atoms with van der Waals surface area (Å²) in [7, 11) is 0. The van der Waals surface area contributed by atoms with Crippen molar-refractivity contribution in [2.45, 2.75) is 37.6 Å². The summed E-state index contributed by atoms with van der Waals surface area (Å²) >= 11 is 1.48. The predicted molar refractivity (Wildman–Crippen MR) is 136 cm³/mol. The fraction of sp³-hybridized carbons (Fsp3) is 0.400. The van der Waals surface area contributed by atoms with Crippen LogP contribution in [0.2, 0.25) is 0 Å². The van der Waals surface area contributed by atoms with Crippen molar-refractivity contribution in [3.63, 3.8) is 0 Å². The van der Waals surface area contributed by atoms with Gasteiger partial charge in [0.15, 0.2) is 10.8 Å². The molecule has 7 rings (SSSR count). The first kappa shape index (κ1) is 21.7. The zero-order valence-corrected chi connectivity index (χ0v) is 20.5. The van der Waals surface area contributed by atoms with Gasteiger partial charge in [-0.25, -0.2) is 19.9 Å². The predicted octanol–water partition coefficient (Wildman–Crippen LogP) is 3.89. The van der Waals surface area contributed by atoms with Gasteiger partial charge in [-0.05, 0) is 31.7 Å². The molecule has 5 heterocycles. The smallest absolute Gasteiger partial charge is 0.275 e. The number of hydrogen-bond donors (Lipinski definition) is 1. The van der Waals surface area contributed by atoms with Crippen LogP contribution in [0.25, 0.3) is 16.5 Å². The minimum Gasteiger partial charge on any atom is -0.378 e. The lowest BCUT2D eigenvalue weighted by Crippen LogP contribution is -2.37. The summed E-state index contributed by atoms with van der Waals surface area (Å²) in [5.74, 6) is 1.61. The Morgan fingerprint density at radius 2 is 1.94 bits per heavy atom. The molecule has 2 aliphatic carbocycles. The van der Waals surface area contributed by atoms with Crippen molar-refractivity contribution in [2.24, 2.45) is 0 Å². The van der Waals surface area contributed by atoms with Crippen LogP contribution in [-0.2, 0) is 4.74 Å². The minimum absolute atomic E-state index is 0.297. The maximum absolute atomic E-state index is 13.2. The number of imidazole rings is 2. The zero-order chi connectivity index (χ0) is 24.1. The molecule has 1 N–H and O–H groups in total. The molecular weight excluding hydrogens is 476 g/mol. The lowest BCUT2D eigenvalue weighted by molar-refractivity contribution is 0.102. The summed E-state index contributed by atoms with van der Waals surface area (Å²) < 4.78 is 9.71. The van der Waals surface area contributed by atoms with Crippen LogP contribution >= 0.6 is 11.3 Å². The summed E-state index contributed by atoms with van der Waals surface area (Å²) in [6.45, 7) is 2.90. The Kier molecular flexibility index (Phi) is 5.32. The molecule has 3 fully saturated rings. The van der Waals surface area contributed by atoms with Gasteiger partial charge in [0.25, 0.3) is 5.91 Å². The normalized spacial score (nSPS) is 17.9. The van der Waals surface area contributed by atoms with E-state index in [1.54, 1.807) is 12.4 Å². The van der Waals surface area contributed by atoms with E-state index < -0.39 is 0 Å². The van der Waals surface area contributed by atoms with E-state index in [9.17, 15) is 4.79 Å². The van der Waals surface area contributed by atoms with Crippen molar-refractivity contribution < 1.29 is 9.53 Å². The first-order chi connectivity index (χ1) is 17.7. The lowest BCUT2D eigenvalue weighted by Gasteiger charge is -2.30. The maximum Gasteiger partial charge on any atom is 0.275 e. The second-order valence-electron chi connectivity index (χ2n) is 9.52. The molecule has 0 radical (unpaired) electrons. The summed E-state index contributed by atoms with van der Waals surface area (Å²) in [6.07, 6.45) is 14.2. The molecule has 4 aromatic rings. The molecule has 4 aromatic heterocycles. The monoisotopic (exact) mass is 502 g/mol. The summed E-state index contributed by atoms with van der Waals surface area (Å²) in [5, 5.41) is 5.56. The number of thiazole rings is 1. The Morgan fingerprint density at radius 3 is 2.75 bits per heavy atom. The summed E-state index contributed by atoms with van der Waals surface area (Å²) in [4.78, 5) is 33.7. The van der Waals surface area contributed by atoms with Crippen LogP contribution < -0.4 is 10.2 Å². The molecule has 0 bridgehead atoms. The number of anilines is 2. The molecule has 11 heteroatoms. The van der Waals surface area contributed by atoms with Crippen LogP contribution in [0.5, 0.6) is 0 Å². The number of hydrogen-bond acceptors (Lipinski definition) is 8. The van der Waals surface area contributed by atoms with E-state index in [-0.39, 0.29) is 5.91 Å². The van der Waals surface area contributed by atoms with E-state index in [1.165, 1.54) is 37.0 Å². The molecule has 36 heavy (non-hydrogen) atoms. The van der Waals surface area contributed by atoms with Crippen LogP contribution in [0.3, 0.4) is 0 Å². The standard InChI is InChI=1S/C25H26N8O2S/c34-24(29-22-14-36-25(30-22)23-26-5-6-33(23)17-3-4-17)18-11-20(32-13-19(28-15-32)16-1-2-16)21(12-27-18)31-7-9-35-10-8-31/h5-6,11-17H,1-4,7-10H2,(H,29,34). The SMILES string of the molecule is O=C(Nc1csc(-c2nccn2C2CC2)n1)c1cc(-n2cnc(C3CC3)c2)c(N2CCOCC2)cn1. The van der Waals surface area contributed by atoms with Crippen LogP contribution in [-0.4, -0.2) is 61.3 Å². The number of morpholine rings is 1. The highest BCUT2D eigenvalue weighted by Gasteiger charge is 2.28. The quantitative estimate of drug-likeness (QED) is 0.409. The number of pyridine rings is 1. The van der Waals surface area contributed by atoms with E-state index >= 15 is 0 Å². The first-order valence-electron chi connectivity index (χ1n) is 12.4. The minimum atomic E-state index is -0.297. The highest BCUT2D eigenvalue weighted by atomic mass is 32.1. The van der Waals surface area contributed by atoms with Gasteiger partial charge in [0.05, 0.1) is 42.8 Å². The Morgan fingerprint density at radius 1 is 1.08 bits per heavy atom. The van der Waals surface area contributed by atoms with Gasteiger partial charge in [-0.2, -0.15) is 0 Å². The molecule has 0 aromatic carbocycles. The summed E-state index contributed by atoms with van der Waals surface area (Å²) in [6, 6.07) is 2.35. The number of carbonyl (C=O) groups excluding carboxylic acids is 1. The molecule has 3 aliphatic rings. The number of nitrogens with one attached hydrogen (secondary N) is 1. The van der Waals surface area contributed by atoms with Crippen molar-refractivity contribution in [1.29, 1.82) is 0 Å². The number of carbonyl (C=O) groups is 1. The van der Waals surface area contributed by atoms with Gasteiger partial charge >= 0.3 is 0 Å². The molecule has 184 valence electrons. The number of amides is 1. The van der Waals surface area contributed by atoms with Crippen molar-refractivity contribution in [3.05, 3.63) is 53.9 Å². The molecule has 0 spiro atoms. The Balaban J connectivity index is 1.16. The van der Waals surface area contributed by atoms with E-state index in [1.807, 2.05) is 28.5 Å². The van der Waals surface area contributed by atoms with Crippen LogP contribution in [0.4, 0.5) is 11.5 Å². The average Bonchev–Trinajstić information content (AvgIpc) is 3.79. The zero-order valence-electron chi connectivity index (χ0n) is 19.7. The topological polar surface area (TPSA) is 103 Å². The lowest BCUT2D eigenvalue weighted by atomic mass is 10.2. The molecule has 0 atom stereocenters. The third-order valence-corrected chi connectivity index (χ3v) is 7.71. The second-order valence-corrected chi connectivity index (χ2v) is 10.4. The highest BCUT2D eigenvalue weighted by molar-refractivity contribution is 7.13. The molecule has 1 aliphatic heterocycles. The van der Waals surface area contributed by atoms with E-state index in [0.717, 1.165) is 41.0 Å². The molecular formula is C25H26N8O2S. The highest BCUT2D eigenvalue weighted by Crippen LogP contribution is 2.40. The molecule has 1 saturated heterocycles. The van der Waals surface area contributed by atoms with Gasteiger partial charge in [0, 0.05) is 49.0 Å². The van der Waals surface area contributed by atoms with Crippen molar-refractivity contribution in [2.75, 3.05) is 36.5 Å². The molecule has 0 unspecified atom stereocenters. The third kappa shape index (κ3) is 4.18. The second kappa shape index (κ2) is 8.82. The van der Waals surface area contributed by atoms with Crippen molar-refractivity contribution in [1.82, 2.24) is 29.1 Å². The van der Waals surface area contributed by atoms with Crippen molar-refractivity contribution in [3.8, 4) is 16.5 Å². The fourth-order valence-corrected chi connectivity index (χ4v) is 5.37. The molecule has 10 nitrogen and oxygen atoms in total. The maximum atomic E-state index is 13.2. The van der Waals surface area contributed by atoms with Crippen LogP contribution in [0.1, 0.15) is 53.8 Å². The van der Waals surface area contributed by atoms with Gasteiger partial charge in [0.1, 0.15) is 11.5 Å². The number of nitrogens with zero attached hydrogens (tertiary/aromatic N) is 7. The van der Waals surface area contributed by atoms with E-state index in [2.05, 4.69) is 40.9 Å².